The SMILES string of the molecule is Cc1[nH]c(C=C2C=CC(S(=O)(=O)Cc3ccc([N+](=O)[O-])cc3)CC=CNC2=O)c(C)c1C(=O)N1CCN(C)CC1. The normalized spacial score (nSPS) is 19.7. The van der Waals surface area contributed by atoms with Crippen molar-refractivity contribution in [2.45, 2.75) is 31.3 Å². The van der Waals surface area contributed by atoms with E-state index in [4.69, 9.17) is 0 Å². The van der Waals surface area contributed by atoms with Crippen LogP contribution in [0.4, 0.5) is 5.69 Å². The fourth-order valence-corrected chi connectivity index (χ4v) is 6.37. The van der Waals surface area contributed by atoms with Crippen LogP contribution in [0.1, 0.15) is 39.3 Å². The van der Waals surface area contributed by atoms with Crippen molar-refractivity contribution in [2.75, 3.05) is 33.2 Å². The number of hydrogen-bond acceptors (Lipinski definition) is 7. The summed E-state index contributed by atoms with van der Waals surface area (Å²) in [5.41, 5.74) is 3.13. The highest BCUT2D eigenvalue weighted by atomic mass is 32.2. The van der Waals surface area contributed by atoms with E-state index in [1.54, 1.807) is 12.2 Å². The summed E-state index contributed by atoms with van der Waals surface area (Å²) in [5.74, 6) is -0.778. The van der Waals surface area contributed by atoms with Crippen molar-refractivity contribution in [3.63, 3.8) is 0 Å². The summed E-state index contributed by atoms with van der Waals surface area (Å²) in [6.45, 7) is 6.54. The van der Waals surface area contributed by atoms with Crippen molar-refractivity contribution in [3.05, 3.63) is 92.5 Å². The molecule has 1 aromatic carbocycles. The van der Waals surface area contributed by atoms with Crippen LogP contribution in [0.2, 0.25) is 0 Å². The van der Waals surface area contributed by atoms with E-state index in [9.17, 15) is 28.1 Å². The molecule has 2 aliphatic heterocycles. The molecular formula is C28H33N5O6S. The number of non-ortho nitro benzene ring substituents is 1. The minimum absolute atomic E-state index is 0.0567. The Morgan fingerprint density at radius 1 is 1.15 bits per heavy atom. The minimum atomic E-state index is -3.71. The van der Waals surface area contributed by atoms with Gasteiger partial charge >= 0.3 is 0 Å². The van der Waals surface area contributed by atoms with Gasteiger partial charge in [0.15, 0.2) is 9.84 Å². The van der Waals surface area contributed by atoms with Crippen LogP contribution in [0, 0.1) is 24.0 Å². The molecule has 1 unspecified atom stereocenters. The van der Waals surface area contributed by atoms with E-state index in [0.717, 1.165) is 13.1 Å². The highest BCUT2D eigenvalue weighted by Gasteiger charge is 2.27. The number of carbonyl (C=O) groups excluding carboxylic acids is 2. The molecule has 3 heterocycles. The largest absolute Gasteiger partial charge is 0.358 e. The van der Waals surface area contributed by atoms with Gasteiger partial charge in [0.2, 0.25) is 0 Å². The Hall–Kier alpha value is -4.03. The molecule has 0 saturated carbocycles. The number of aryl methyl sites for hydroxylation is 1. The van der Waals surface area contributed by atoms with Crippen LogP contribution in [0.3, 0.4) is 0 Å². The van der Waals surface area contributed by atoms with Gasteiger partial charge < -0.3 is 20.1 Å². The van der Waals surface area contributed by atoms with E-state index in [-0.39, 0.29) is 29.3 Å². The molecule has 2 aliphatic rings. The zero-order valence-corrected chi connectivity index (χ0v) is 23.5. The maximum atomic E-state index is 13.3. The Bertz CT molecular complexity index is 1500. The van der Waals surface area contributed by atoms with Gasteiger partial charge in [0, 0.05) is 61.5 Å². The second kappa shape index (κ2) is 12.0. The first-order valence-electron chi connectivity index (χ1n) is 12.9. The minimum Gasteiger partial charge on any atom is -0.358 e. The maximum absolute atomic E-state index is 13.3. The van der Waals surface area contributed by atoms with Gasteiger partial charge in [0.1, 0.15) is 0 Å². The van der Waals surface area contributed by atoms with Crippen molar-refractivity contribution in [1.82, 2.24) is 20.1 Å². The number of aromatic nitrogens is 1. The summed E-state index contributed by atoms with van der Waals surface area (Å²) in [4.78, 5) is 43.8. The zero-order chi connectivity index (χ0) is 29.0. The number of nitro benzene ring substituents is 1. The lowest BCUT2D eigenvalue weighted by Crippen LogP contribution is -2.47. The summed E-state index contributed by atoms with van der Waals surface area (Å²) in [7, 11) is -1.69. The molecule has 0 bridgehead atoms. The fourth-order valence-electron chi connectivity index (χ4n) is 4.78. The Balaban J connectivity index is 1.59. The number of nitrogens with zero attached hydrogens (tertiary/aromatic N) is 3. The number of carbonyl (C=O) groups is 2. The fraction of sp³-hybridized carbons (Fsp3) is 0.357. The van der Waals surface area contributed by atoms with Crippen molar-refractivity contribution in [1.29, 1.82) is 0 Å². The predicted octanol–water partition coefficient (Wildman–Crippen LogP) is 2.88. The third-order valence-corrected chi connectivity index (χ3v) is 9.22. The second-order valence-electron chi connectivity index (χ2n) is 10.1. The van der Waals surface area contributed by atoms with Gasteiger partial charge in [-0.05, 0) is 44.5 Å². The van der Waals surface area contributed by atoms with E-state index in [1.807, 2.05) is 25.8 Å². The summed E-state index contributed by atoms with van der Waals surface area (Å²) >= 11 is 0. The molecular weight excluding hydrogens is 534 g/mol. The van der Waals surface area contributed by atoms with Crippen LogP contribution in [-0.4, -0.2) is 78.4 Å². The summed E-state index contributed by atoms with van der Waals surface area (Å²) in [6, 6.07) is 5.41. The van der Waals surface area contributed by atoms with Crippen LogP contribution in [0.25, 0.3) is 6.08 Å². The second-order valence-corrected chi connectivity index (χ2v) is 12.3. The van der Waals surface area contributed by atoms with Gasteiger partial charge in [-0.25, -0.2) is 8.42 Å². The number of amides is 2. The van der Waals surface area contributed by atoms with Gasteiger partial charge in [0.05, 0.1) is 21.5 Å². The highest BCUT2D eigenvalue weighted by Crippen LogP contribution is 2.24. The summed E-state index contributed by atoms with van der Waals surface area (Å²) < 4.78 is 26.5. The molecule has 4 rings (SSSR count). The average molecular weight is 568 g/mol. The quantitative estimate of drug-likeness (QED) is 0.310. The third-order valence-electron chi connectivity index (χ3n) is 7.21. The van der Waals surface area contributed by atoms with Gasteiger partial charge in [-0.1, -0.05) is 30.4 Å². The lowest BCUT2D eigenvalue weighted by Gasteiger charge is -2.32. The van der Waals surface area contributed by atoms with Crippen molar-refractivity contribution < 1.29 is 22.9 Å². The number of nitro groups is 1. The number of piperazine rings is 1. The number of allylic oxidation sites excluding steroid dienone is 1. The summed E-state index contributed by atoms with van der Waals surface area (Å²) in [5, 5.41) is 12.6. The standard InChI is InChI=1S/C28H33N5O6S/c1-19-25(30-20(2)26(19)28(35)32-15-13-31(3)14-16-32)17-22-8-11-24(5-4-12-29-27(22)34)40(38,39)18-21-6-9-23(10-7-21)33(36)37/h4,6-12,17,24,30H,5,13-16,18H2,1-3H3,(H,29,34). The topological polar surface area (TPSA) is 146 Å². The van der Waals surface area contributed by atoms with E-state index >= 15 is 0 Å². The van der Waals surface area contributed by atoms with Crippen LogP contribution in [-0.2, 0) is 20.4 Å². The third kappa shape index (κ3) is 6.57. The Kier molecular flexibility index (Phi) is 8.70. The molecule has 2 amide bonds. The molecule has 1 fully saturated rings. The smallest absolute Gasteiger partial charge is 0.269 e. The monoisotopic (exact) mass is 567 g/mol. The van der Waals surface area contributed by atoms with Crippen LogP contribution in [0.15, 0.2) is 54.3 Å². The van der Waals surface area contributed by atoms with Gasteiger partial charge in [-0.15, -0.1) is 0 Å². The van der Waals surface area contributed by atoms with Crippen LogP contribution >= 0.6 is 0 Å². The van der Waals surface area contributed by atoms with Crippen molar-refractivity contribution in [3.8, 4) is 0 Å². The van der Waals surface area contributed by atoms with Crippen LogP contribution < -0.4 is 5.32 Å². The molecule has 2 aromatic rings. The van der Waals surface area contributed by atoms with Gasteiger partial charge in [-0.3, -0.25) is 19.7 Å². The van der Waals surface area contributed by atoms with Crippen LogP contribution in [0.5, 0.6) is 0 Å². The molecule has 212 valence electrons. The molecule has 0 radical (unpaired) electrons. The van der Waals surface area contributed by atoms with E-state index in [0.29, 0.717) is 41.2 Å². The molecule has 11 nitrogen and oxygen atoms in total. The Morgan fingerprint density at radius 2 is 1.82 bits per heavy atom. The Morgan fingerprint density at radius 3 is 2.48 bits per heavy atom. The first-order chi connectivity index (χ1) is 19.0. The molecule has 12 heteroatoms. The predicted molar refractivity (Wildman–Crippen MR) is 152 cm³/mol. The zero-order valence-electron chi connectivity index (χ0n) is 22.7. The first-order valence-corrected chi connectivity index (χ1v) is 14.7. The molecule has 0 spiro atoms. The maximum Gasteiger partial charge on any atom is 0.269 e. The molecule has 0 aliphatic carbocycles. The molecule has 1 atom stereocenters. The van der Waals surface area contributed by atoms with E-state index in [1.165, 1.54) is 42.6 Å². The molecule has 1 saturated heterocycles. The number of benzene rings is 1. The number of hydrogen-bond donors (Lipinski definition) is 2. The number of aromatic amines is 1. The average Bonchev–Trinajstić information content (AvgIpc) is 3.23. The number of nitrogens with one attached hydrogen (secondary N) is 2. The van der Waals surface area contributed by atoms with Gasteiger partial charge in [0.25, 0.3) is 17.5 Å². The van der Waals surface area contributed by atoms with Gasteiger partial charge in [-0.2, -0.15) is 0 Å². The number of rotatable bonds is 6. The molecule has 2 N–H and O–H groups in total. The number of sulfone groups is 1. The lowest BCUT2D eigenvalue weighted by atomic mass is 10.1. The Labute approximate surface area is 233 Å². The summed E-state index contributed by atoms with van der Waals surface area (Å²) in [6.07, 6.45) is 7.74. The van der Waals surface area contributed by atoms with Crippen molar-refractivity contribution in [2.24, 2.45) is 0 Å². The highest BCUT2D eigenvalue weighted by molar-refractivity contribution is 7.91. The lowest BCUT2D eigenvalue weighted by molar-refractivity contribution is -0.384. The number of H-pyrrole nitrogens is 1. The first kappa shape index (κ1) is 29.0. The number of likely N-dealkylation sites (N-methyl/N-ethyl adjacent to an activating group) is 1. The van der Waals surface area contributed by atoms with E-state index < -0.39 is 25.9 Å². The van der Waals surface area contributed by atoms with Crippen molar-refractivity contribution >= 4 is 33.4 Å². The molecule has 40 heavy (non-hydrogen) atoms. The molecule has 1 aromatic heterocycles. The van der Waals surface area contributed by atoms with E-state index in [2.05, 4.69) is 15.2 Å².